The highest BCUT2D eigenvalue weighted by Crippen LogP contribution is 2.40. The van der Waals surface area contributed by atoms with Gasteiger partial charge in [-0.2, -0.15) is 0 Å². The van der Waals surface area contributed by atoms with E-state index in [1.807, 2.05) is 6.07 Å². The van der Waals surface area contributed by atoms with Crippen LogP contribution in [-0.2, 0) is 17.6 Å². The molecule has 1 saturated heterocycles. The van der Waals surface area contributed by atoms with E-state index in [-0.39, 0.29) is 0 Å². The third-order valence-electron chi connectivity index (χ3n) is 5.07. The van der Waals surface area contributed by atoms with E-state index >= 15 is 0 Å². The molecule has 1 aliphatic carbocycles. The fourth-order valence-electron chi connectivity index (χ4n) is 4.22. The van der Waals surface area contributed by atoms with Crippen LogP contribution in [0.2, 0.25) is 0 Å². The molecule has 1 aromatic carbocycles. The van der Waals surface area contributed by atoms with E-state index in [9.17, 15) is 5.11 Å². The summed E-state index contributed by atoms with van der Waals surface area (Å²) in [5.41, 5.74) is 2.45. The van der Waals surface area contributed by atoms with Crippen molar-refractivity contribution in [2.45, 2.75) is 64.6 Å². The normalized spacial score (nSPS) is 33.1. The van der Waals surface area contributed by atoms with Gasteiger partial charge in [-0.3, -0.25) is 0 Å². The van der Waals surface area contributed by atoms with Crippen LogP contribution in [0, 0.1) is 11.8 Å². The molecule has 110 valence electrons. The van der Waals surface area contributed by atoms with Crippen LogP contribution in [0.3, 0.4) is 0 Å². The Labute approximate surface area is 122 Å². The second kappa shape index (κ2) is 5.77. The van der Waals surface area contributed by atoms with Crippen molar-refractivity contribution >= 4 is 0 Å². The van der Waals surface area contributed by atoms with E-state index in [2.05, 4.69) is 19.9 Å². The van der Waals surface area contributed by atoms with Crippen molar-refractivity contribution < 1.29 is 9.84 Å². The lowest BCUT2D eigenvalue weighted by atomic mass is 9.76. The summed E-state index contributed by atoms with van der Waals surface area (Å²) in [6.07, 6.45) is 7.69. The average Bonchev–Trinajstić information content (AvgIpc) is 2.55. The monoisotopic (exact) mass is 274 g/mol. The maximum absolute atomic E-state index is 10.1. The lowest BCUT2D eigenvalue weighted by Gasteiger charge is -2.33. The number of fused-ring (bicyclic) bond motifs is 2. The Hall–Kier alpha value is -1.02. The van der Waals surface area contributed by atoms with Crippen molar-refractivity contribution in [3.8, 4) is 5.75 Å². The molecule has 0 aromatic heterocycles. The van der Waals surface area contributed by atoms with Crippen molar-refractivity contribution in [2.75, 3.05) is 0 Å². The van der Waals surface area contributed by atoms with Gasteiger partial charge < -0.3 is 9.84 Å². The van der Waals surface area contributed by atoms with E-state index in [0.29, 0.717) is 23.9 Å². The quantitative estimate of drug-likeness (QED) is 0.880. The lowest BCUT2D eigenvalue weighted by Crippen LogP contribution is -2.33. The molecule has 1 aliphatic heterocycles. The summed E-state index contributed by atoms with van der Waals surface area (Å²) in [5, 5.41) is 10.1. The number of ether oxygens (including phenoxy) is 1. The fraction of sp³-hybridized carbons (Fsp3) is 0.667. The molecule has 1 unspecified atom stereocenters. The Morgan fingerprint density at radius 1 is 1.25 bits per heavy atom. The summed E-state index contributed by atoms with van der Waals surface area (Å²) in [6, 6.07) is 5.95. The Morgan fingerprint density at radius 3 is 2.90 bits per heavy atom. The molecular weight excluding hydrogens is 248 g/mol. The number of aromatic hydroxyl groups is 1. The molecule has 1 N–H and O–H groups in total. The van der Waals surface area contributed by atoms with Crippen molar-refractivity contribution in [3.05, 3.63) is 29.3 Å². The highest BCUT2D eigenvalue weighted by molar-refractivity contribution is 5.41. The number of hydrogen-bond donors (Lipinski definition) is 1. The minimum Gasteiger partial charge on any atom is -0.508 e. The molecule has 0 radical (unpaired) electrons. The van der Waals surface area contributed by atoms with Crippen molar-refractivity contribution in [2.24, 2.45) is 11.8 Å². The molecule has 4 atom stereocenters. The molecule has 1 aromatic rings. The second-order valence-electron chi connectivity index (χ2n) is 6.69. The predicted octanol–water partition coefficient (Wildman–Crippen LogP) is 4.09. The van der Waals surface area contributed by atoms with Gasteiger partial charge in [0.05, 0.1) is 12.2 Å². The average molecular weight is 274 g/mol. The molecule has 1 heterocycles. The summed E-state index contributed by atoms with van der Waals surface area (Å²) < 4.78 is 6.29. The van der Waals surface area contributed by atoms with Gasteiger partial charge in [0.2, 0.25) is 0 Å². The molecule has 1 fully saturated rings. The molecule has 0 saturated carbocycles. The zero-order valence-electron chi connectivity index (χ0n) is 12.6. The van der Waals surface area contributed by atoms with Crippen molar-refractivity contribution in [3.63, 3.8) is 0 Å². The largest absolute Gasteiger partial charge is 0.508 e. The fourth-order valence-corrected chi connectivity index (χ4v) is 4.22. The van der Waals surface area contributed by atoms with Crippen LogP contribution >= 0.6 is 0 Å². The highest BCUT2D eigenvalue weighted by Gasteiger charge is 2.36. The van der Waals surface area contributed by atoms with Crippen LogP contribution < -0.4 is 0 Å². The second-order valence-corrected chi connectivity index (χ2v) is 6.69. The Morgan fingerprint density at radius 2 is 2.10 bits per heavy atom. The lowest BCUT2D eigenvalue weighted by molar-refractivity contribution is -0.0270. The van der Waals surface area contributed by atoms with Gasteiger partial charge in [0.25, 0.3) is 0 Å². The molecule has 0 spiro atoms. The van der Waals surface area contributed by atoms with Gasteiger partial charge in [-0.05, 0) is 55.2 Å². The predicted molar refractivity (Wildman–Crippen MR) is 81.0 cm³/mol. The number of phenolic OH excluding ortho intramolecular Hbond substituents is 1. The van der Waals surface area contributed by atoms with Gasteiger partial charge in [-0.1, -0.05) is 31.9 Å². The molecule has 3 rings (SSSR count). The minimum absolute atomic E-state index is 0.299. The maximum Gasteiger partial charge on any atom is 0.119 e. The number of hydrogen-bond acceptors (Lipinski definition) is 2. The Balaban J connectivity index is 1.84. The third kappa shape index (κ3) is 2.71. The summed E-state index contributed by atoms with van der Waals surface area (Å²) in [4.78, 5) is 0. The first kappa shape index (κ1) is 13.9. The first-order valence-electron chi connectivity index (χ1n) is 8.12. The van der Waals surface area contributed by atoms with Crippen LogP contribution in [0.5, 0.6) is 5.75 Å². The highest BCUT2D eigenvalue weighted by atomic mass is 16.5. The first-order valence-corrected chi connectivity index (χ1v) is 8.12. The van der Waals surface area contributed by atoms with Gasteiger partial charge in [0.15, 0.2) is 0 Å². The van der Waals surface area contributed by atoms with Crippen LogP contribution in [-0.4, -0.2) is 17.3 Å². The number of benzene rings is 1. The van der Waals surface area contributed by atoms with Crippen LogP contribution in [0.25, 0.3) is 0 Å². The number of phenols is 1. The minimum atomic E-state index is 0.299. The summed E-state index contributed by atoms with van der Waals surface area (Å²) in [6.45, 7) is 4.49. The standard InChI is InChI=1S/C18H26O2/c1-3-5-13-8-12(2)20-18-11-16-14(10-15(18)9-13)6-4-7-17(16)19/h4,6-7,12-13,15,18-19H,3,5,8-11H2,1-2H3/t12-,13?,15+,18+/m0/s1. The molecule has 2 heteroatoms. The topological polar surface area (TPSA) is 29.5 Å². The zero-order valence-corrected chi connectivity index (χ0v) is 12.6. The van der Waals surface area contributed by atoms with Gasteiger partial charge >= 0.3 is 0 Å². The van der Waals surface area contributed by atoms with Crippen LogP contribution in [0.15, 0.2) is 18.2 Å². The molecule has 2 nitrogen and oxygen atoms in total. The first-order chi connectivity index (χ1) is 9.67. The summed E-state index contributed by atoms with van der Waals surface area (Å²) in [5.74, 6) is 1.89. The summed E-state index contributed by atoms with van der Waals surface area (Å²) >= 11 is 0. The third-order valence-corrected chi connectivity index (χ3v) is 5.07. The van der Waals surface area contributed by atoms with Crippen LogP contribution in [0.4, 0.5) is 0 Å². The van der Waals surface area contributed by atoms with Gasteiger partial charge in [0, 0.05) is 6.42 Å². The SMILES string of the molecule is CCCC1C[C@@H]2Cc3cccc(O)c3C[C@H]2O[C@@H](C)C1. The molecule has 2 aliphatic rings. The van der Waals surface area contributed by atoms with Crippen molar-refractivity contribution in [1.82, 2.24) is 0 Å². The molecule has 20 heavy (non-hydrogen) atoms. The van der Waals surface area contributed by atoms with Crippen molar-refractivity contribution in [1.29, 1.82) is 0 Å². The van der Waals surface area contributed by atoms with Crippen LogP contribution in [0.1, 0.15) is 50.7 Å². The molecule has 0 amide bonds. The zero-order chi connectivity index (χ0) is 14.1. The van der Waals surface area contributed by atoms with E-state index < -0.39 is 0 Å². The van der Waals surface area contributed by atoms with Gasteiger partial charge in [-0.15, -0.1) is 0 Å². The molecular formula is C18H26O2. The van der Waals surface area contributed by atoms with E-state index in [1.54, 1.807) is 6.07 Å². The van der Waals surface area contributed by atoms with E-state index in [1.165, 1.54) is 31.2 Å². The maximum atomic E-state index is 10.1. The van der Waals surface area contributed by atoms with Gasteiger partial charge in [-0.25, -0.2) is 0 Å². The number of rotatable bonds is 2. The van der Waals surface area contributed by atoms with E-state index in [0.717, 1.165) is 24.3 Å². The molecule has 0 bridgehead atoms. The van der Waals surface area contributed by atoms with Gasteiger partial charge in [0.1, 0.15) is 5.75 Å². The Bertz CT molecular complexity index is 468. The Kier molecular flexibility index (Phi) is 4.02. The van der Waals surface area contributed by atoms with E-state index in [4.69, 9.17) is 4.74 Å². The smallest absolute Gasteiger partial charge is 0.119 e. The summed E-state index contributed by atoms with van der Waals surface area (Å²) in [7, 11) is 0.